The number of halogens is 2. The molecule has 0 amide bonds. The molecule has 3 nitrogen and oxygen atoms in total. The summed E-state index contributed by atoms with van der Waals surface area (Å²) in [5.74, 6) is -1.47. The quantitative estimate of drug-likeness (QED) is 0.858. The van der Waals surface area contributed by atoms with E-state index in [2.05, 4.69) is 0 Å². The highest BCUT2D eigenvalue weighted by atomic mass is 19.1. The van der Waals surface area contributed by atoms with Crippen LogP contribution in [0.4, 0.5) is 8.78 Å². The van der Waals surface area contributed by atoms with Gasteiger partial charge in [0.25, 0.3) is 0 Å². The maximum absolute atomic E-state index is 13.5. The first-order valence-electron chi connectivity index (χ1n) is 6.10. The average molecular weight is 257 g/mol. The maximum atomic E-state index is 13.5. The lowest BCUT2D eigenvalue weighted by molar-refractivity contribution is 0.0808. The summed E-state index contributed by atoms with van der Waals surface area (Å²) in [5, 5.41) is 19.1. The second-order valence-corrected chi connectivity index (χ2v) is 4.62. The summed E-state index contributed by atoms with van der Waals surface area (Å²) in [5.41, 5.74) is -0.291. The summed E-state index contributed by atoms with van der Waals surface area (Å²) in [4.78, 5) is 1.87. The minimum Gasteiger partial charge on any atom is -0.395 e. The second-order valence-electron chi connectivity index (χ2n) is 4.62. The summed E-state index contributed by atoms with van der Waals surface area (Å²) >= 11 is 0. The standard InChI is InChI=1S/C13H17F2NO2/c14-10-4-1-5-11(15)13(10)12(18)7-16-6-2-3-9(16)8-17/h1,4-5,9,12,17-18H,2-3,6-8H2/t9-,12?/m1/s1. The molecule has 1 fully saturated rings. The molecule has 1 saturated heterocycles. The Morgan fingerprint density at radius 1 is 1.33 bits per heavy atom. The zero-order chi connectivity index (χ0) is 13.1. The molecule has 2 N–H and O–H groups in total. The van der Waals surface area contributed by atoms with E-state index in [1.165, 1.54) is 6.07 Å². The highest BCUT2D eigenvalue weighted by Crippen LogP contribution is 2.25. The Morgan fingerprint density at radius 3 is 2.61 bits per heavy atom. The number of hydrogen-bond donors (Lipinski definition) is 2. The van der Waals surface area contributed by atoms with Gasteiger partial charge in [-0.25, -0.2) is 8.78 Å². The first-order valence-corrected chi connectivity index (χ1v) is 6.10. The Hall–Kier alpha value is -1.04. The van der Waals surface area contributed by atoms with E-state index in [4.69, 9.17) is 5.11 Å². The van der Waals surface area contributed by atoms with E-state index < -0.39 is 17.7 Å². The zero-order valence-electron chi connectivity index (χ0n) is 10.0. The van der Waals surface area contributed by atoms with Gasteiger partial charge in [-0.15, -0.1) is 0 Å². The Bertz CT molecular complexity index is 394. The molecule has 5 heteroatoms. The van der Waals surface area contributed by atoms with E-state index in [9.17, 15) is 13.9 Å². The SMILES string of the molecule is OC[C@H]1CCCN1CC(O)c1c(F)cccc1F. The molecular formula is C13H17F2NO2. The van der Waals surface area contributed by atoms with Crippen LogP contribution in [-0.2, 0) is 0 Å². The Labute approximate surface area is 105 Å². The van der Waals surface area contributed by atoms with Crippen LogP contribution in [0.3, 0.4) is 0 Å². The molecule has 0 aromatic heterocycles. The predicted octanol–water partition coefficient (Wildman–Crippen LogP) is 1.45. The monoisotopic (exact) mass is 257 g/mol. The summed E-state index contributed by atoms with van der Waals surface area (Å²) in [7, 11) is 0. The number of rotatable bonds is 4. The van der Waals surface area contributed by atoms with Crippen LogP contribution >= 0.6 is 0 Å². The van der Waals surface area contributed by atoms with Gasteiger partial charge in [-0.1, -0.05) is 6.07 Å². The number of β-amino-alcohol motifs (C(OH)–C–C–N with tert-alkyl or cyclic N) is 1. The Morgan fingerprint density at radius 2 is 2.00 bits per heavy atom. The lowest BCUT2D eigenvalue weighted by Crippen LogP contribution is -2.35. The van der Waals surface area contributed by atoms with Gasteiger partial charge in [-0.05, 0) is 31.5 Å². The fraction of sp³-hybridized carbons (Fsp3) is 0.538. The van der Waals surface area contributed by atoms with Crippen LogP contribution in [0.5, 0.6) is 0 Å². The molecule has 0 bridgehead atoms. The average Bonchev–Trinajstić information content (AvgIpc) is 2.76. The third kappa shape index (κ3) is 2.68. The molecule has 1 aliphatic heterocycles. The number of aliphatic hydroxyl groups is 2. The van der Waals surface area contributed by atoms with Crippen molar-refractivity contribution in [2.75, 3.05) is 19.7 Å². The molecule has 100 valence electrons. The summed E-state index contributed by atoms with van der Waals surface area (Å²) < 4.78 is 27.0. The molecule has 1 heterocycles. The van der Waals surface area contributed by atoms with Crippen molar-refractivity contribution in [1.82, 2.24) is 4.90 Å². The van der Waals surface area contributed by atoms with Crippen molar-refractivity contribution in [1.29, 1.82) is 0 Å². The zero-order valence-corrected chi connectivity index (χ0v) is 10.0. The normalized spacial score (nSPS) is 22.3. The number of nitrogens with zero attached hydrogens (tertiary/aromatic N) is 1. The molecule has 18 heavy (non-hydrogen) atoms. The number of aliphatic hydroxyl groups excluding tert-OH is 2. The lowest BCUT2D eigenvalue weighted by Gasteiger charge is -2.25. The minimum absolute atomic E-state index is 0.00642. The fourth-order valence-electron chi connectivity index (χ4n) is 2.48. The molecular weight excluding hydrogens is 240 g/mol. The van der Waals surface area contributed by atoms with Crippen LogP contribution < -0.4 is 0 Å². The van der Waals surface area contributed by atoms with Crippen molar-refractivity contribution in [3.05, 3.63) is 35.4 Å². The molecule has 1 aromatic carbocycles. The smallest absolute Gasteiger partial charge is 0.131 e. The third-order valence-corrected chi connectivity index (χ3v) is 3.45. The van der Waals surface area contributed by atoms with Gasteiger partial charge in [0.2, 0.25) is 0 Å². The van der Waals surface area contributed by atoms with Crippen molar-refractivity contribution < 1.29 is 19.0 Å². The first-order chi connectivity index (χ1) is 8.63. The molecule has 2 atom stereocenters. The van der Waals surface area contributed by atoms with E-state index in [-0.39, 0.29) is 24.8 Å². The van der Waals surface area contributed by atoms with Gasteiger partial charge in [0.15, 0.2) is 0 Å². The van der Waals surface area contributed by atoms with Gasteiger partial charge >= 0.3 is 0 Å². The Balaban J connectivity index is 2.10. The van der Waals surface area contributed by atoms with E-state index in [1.54, 1.807) is 0 Å². The largest absolute Gasteiger partial charge is 0.395 e. The van der Waals surface area contributed by atoms with Crippen LogP contribution in [0.1, 0.15) is 24.5 Å². The van der Waals surface area contributed by atoms with Crippen molar-refractivity contribution in [3.8, 4) is 0 Å². The van der Waals surface area contributed by atoms with Crippen LogP contribution in [-0.4, -0.2) is 40.9 Å². The van der Waals surface area contributed by atoms with Gasteiger partial charge in [0.1, 0.15) is 11.6 Å². The molecule has 0 spiro atoms. The molecule has 2 rings (SSSR count). The molecule has 0 radical (unpaired) electrons. The first kappa shape index (κ1) is 13.4. The van der Waals surface area contributed by atoms with Crippen LogP contribution in [0.2, 0.25) is 0 Å². The minimum atomic E-state index is -1.21. The molecule has 1 aliphatic rings. The van der Waals surface area contributed by atoms with Gasteiger partial charge < -0.3 is 10.2 Å². The van der Waals surface area contributed by atoms with Crippen molar-refractivity contribution in [2.24, 2.45) is 0 Å². The van der Waals surface area contributed by atoms with Gasteiger partial charge in [-0.2, -0.15) is 0 Å². The summed E-state index contributed by atoms with van der Waals surface area (Å²) in [6, 6.07) is 3.52. The highest BCUT2D eigenvalue weighted by Gasteiger charge is 2.28. The van der Waals surface area contributed by atoms with E-state index >= 15 is 0 Å². The summed E-state index contributed by atoms with van der Waals surface area (Å²) in [6.07, 6.45) is 0.569. The van der Waals surface area contributed by atoms with E-state index in [1.807, 2.05) is 4.90 Å². The van der Waals surface area contributed by atoms with E-state index in [0.29, 0.717) is 0 Å². The molecule has 1 aromatic rings. The Kier molecular flexibility index (Phi) is 4.27. The highest BCUT2D eigenvalue weighted by molar-refractivity contribution is 5.22. The van der Waals surface area contributed by atoms with Gasteiger partial charge in [0, 0.05) is 12.6 Å². The lowest BCUT2D eigenvalue weighted by atomic mass is 10.1. The van der Waals surface area contributed by atoms with Crippen LogP contribution in [0.25, 0.3) is 0 Å². The number of likely N-dealkylation sites (tertiary alicyclic amines) is 1. The third-order valence-electron chi connectivity index (χ3n) is 3.45. The van der Waals surface area contributed by atoms with Crippen molar-refractivity contribution in [3.63, 3.8) is 0 Å². The topological polar surface area (TPSA) is 43.7 Å². The van der Waals surface area contributed by atoms with Crippen LogP contribution in [0, 0.1) is 11.6 Å². The molecule has 1 unspecified atom stereocenters. The number of hydrogen-bond acceptors (Lipinski definition) is 3. The molecule has 0 aliphatic carbocycles. The second kappa shape index (κ2) is 5.73. The summed E-state index contributed by atoms with van der Waals surface area (Å²) in [6.45, 7) is 0.883. The maximum Gasteiger partial charge on any atom is 0.131 e. The fourth-order valence-corrected chi connectivity index (χ4v) is 2.48. The van der Waals surface area contributed by atoms with Crippen LogP contribution in [0.15, 0.2) is 18.2 Å². The van der Waals surface area contributed by atoms with E-state index in [0.717, 1.165) is 31.5 Å². The van der Waals surface area contributed by atoms with Gasteiger partial charge in [-0.3, -0.25) is 4.90 Å². The van der Waals surface area contributed by atoms with Crippen molar-refractivity contribution >= 4 is 0 Å². The number of benzene rings is 1. The molecule has 0 saturated carbocycles. The predicted molar refractivity (Wildman–Crippen MR) is 63.0 cm³/mol. The van der Waals surface area contributed by atoms with Crippen molar-refractivity contribution in [2.45, 2.75) is 25.0 Å². The van der Waals surface area contributed by atoms with Gasteiger partial charge in [0.05, 0.1) is 18.3 Å².